The van der Waals surface area contributed by atoms with Gasteiger partial charge in [-0.15, -0.1) is 0 Å². The van der Waals surface area contributed by atoms with E-state index in [-0.39, 0.29) is 24.1 Å². The quantitative estimate of drug-likeness (QED) is 0.463. The van der Waals surface area contributed by atoms with Gasteiger partial charge in [0.05, 0.1) is 6.54 Å². The van der Waals surface area contributed by atoms with E-state index in [4.69, 9.17) is 4.74 Å². The molecule has 3 aromatic carbocycles. The van der Waals surface area contributed by atoms with Crippen molar-refractivity contribution in [3.8, 4) is 0 Å². The molecule has 0 bridgehead atoms. The third-order valence-corrected chi connectivity index (χ3v) is 5.91. The summed E-state index contributed by atoms with van der Waals surface area (Å²) in [6.45, 7) is 5.71. The molecule has 1 saturated heterocycles. The van der Waals surface area contributed by atoms with Crippen LogP contribution in [0.15, 0.2) is 72.8 Å². The van der Waals surface area contributed by atoms with Crippen LogP contribution < -0.4 is 10.6 Å². The van der Waals surface area contributed by atoms with E-state index >= 15 is 0 Å². The lowest BCUT2D eigenvalue weighted by Gasteiger charge is -2.24. The molecule has 7 nitrogen and oxygen atoms in total. The molecule has 0 radical (unpaired) electrons. The second-order valence-corrected chi connectivity index (χ2v) is 9.13. The number of hydrogen-bond acceptors (Lipinski definition) is 4. The van der Waals surface area contributed by atoms with Gasteiger partial charge in [-0.2, -0.15) is 0 Å². The number of carbonyl (C=O) groups is 3. The summed E-state index contributed by atoms with van der Waals surface area (Å²) in [6, 6.07) is 19.0. The number of nitrogens with zero attached hydrogens (tertiary/aromatic N) is 1. The van der Waals surface area contributed by atoms with E-state index in [0.717, 1.165) is 11.1 Å². The first-order chi connectivity index (χ1) is 17.2. The average Bonchev–Trinajstić information content (AvgIpc) is 3.15. The summed E-state index contributed by atoms with van der Waals surface area (Å²) in [6.07, 6.45) is -1.52. The third kappa shape index (κ3) is 5.71. The van der Waals surface area contributed by atoms with Gasteiger partial charge in [-0.05, 0) is 48.4 Å². The van der Waals surface area contributed by atoms with E-state index in [1.54, 1.807) is 44.2 Å². The van der Waals surface area contributed by atoms with Gasteiger partial charge in [0.15, 0.2) is 12.1 Å². The van der Waals surface area contributed by atoms with Gasteiger partial charge >= 0.3 is 6.09 Å². The van der Waals surface area contributed by atoms with Crippen molar-refractivity contribution < 1.29 is 23.5 Å². The fraction of sp³-hybridized carbons (Fsp3) is 0.250. The summed E-state index contributed by atoms with van der Waals surface area (Å²) < 4.78 is 19.4. The van der Waals surface area contributed by atoms with E-state index < -0.39 is 30.0 Å². The van der Waals surface area contributed by atoms with Gasteiger partial charge in [0, 0.05) is 17.3 Å². The second-order valence-electron chi connectivity index (χ2n) is 9.13. The molecule has 0 aliphatic carbocycles. The molecule has 0 spiro atoms. The van der Waals surface area contributed by atoms with Crippen LogP contribution in [-0.4, -0.2) is 28.8 Å². The average molecular weight is 490 g/mol. The molecular weight excluding hydrogens is 461 g/mol. The lowest BCUT2D eigenvalue weighted by atomic mass is 10.00. The van der Waals surface area contributed by atoms with Gasteiger partial charge in [0.1, 0.15) is 5.82 Å². The summed E-state index contributed by atoms with van der Waals surface area (Å²) >= 11 is 0. The summed E-state index contributed by atoms with van der Waals surface area (Å²) in [5.41, 5.74) is 3.34. The molecule has 0 saturated carbocycles. The van der Waals surface area contributed by atoms with Crippen LogP contribution in [0.4, 0.5) is 20.6 Å². The van der Waals surface area contributed by atoms with Crippen LogP contribution in [0.5, 0.6) is 0 Å². The standard InChI is InChI=1S/C28H28FN3O4/c1-17(2)26(33)30-22-12-10-20(11-13-22)25-24(27(34)31-23-9-5-8-21(29)15-23)32(28(35)36-25)16-19-7-4-6-18(3)14-19/h4-15,17,24-25H,16H2,1-3H3,(H,30,33)(H,31,34). The van der Waals surface area contributed by atoms with Crippen LogP contribution >= 0.6 is 0 Å². The summed E-state index contributed by atoms with van der Waals surface area (Å²) in [4.78, 5) is 39.8. The zero-order chi connectivity index (χ0) is 25.8. The van der Waals surface area contributed by atoms with Crippen LogP contribution in [0.3, 0.4) is 0 Å². The van der Waals surface area contributed by atoms with Gasteiger partial charge in [-0.1, -0.05) is 61.9 Å². The number of rotatable bonds is 7. The summed E-state index contributed by atoms with van der Waals surface area (Å²) in [7, 11) is 0. The number of nitrogens with one attached hydrogen (secondary N) is 2. The van der Waals surface area contributed by atoms with Crippen LogP contribution in [0.25, 0.3) is 0 Å². The molecule has 2 unspecified atom stereocenters. The number of anilines is 2. The Kier molecular flexibility index (Phi) is 7.33. The predicted octanol–water partition coefficient (Wildman–Crippen LogP) is 5.43. The smallest absolute Gasteiger partial charge is 0.411 e. The summed E-state index contributed by atoms with van der Waals surface area (Å²) in [5, 5.41) is 5.53. The second kappa shape index (κ2) is 10.6. The molecule has 1 aliphatic rings. The molecule has 8 heteroatoms. The molecule has 186 valence electrons. The van der Waals surface area contributed by atoms with Crippen LogP contribution in [0.1, 0.15) is 36.6 Å². The molecule has 2 N–H and O–H groups in total. The molecule has 0 aromatic heterocycles. The maximum atomic E-state index is 13.7. The highest BCUT2D eigenvalue weighted by Crippen LogP contribution is 2.35. The Hall–Kier alpha value is -4.20. The Morgan fingerprint density at radius 1 is 0.972 bits per heavy atom. The highest BCUT2D eigenvalue weighted by Gasteiger charge is 2.47. The Morgan fingerprint density at radius 2 is 1.69 bits per heavy atom. The van der Waals surface area contributed by atoms with Crippen LogP contribution in [0, 0.1) is 18.7 Å². The van der Waals surface area contributed by atoms with Crippen molar-refractivity contribution >= 4 is 29.3 Å². The van der Waals surface area contributed by atoms with Crippen LogP contribution in [-0.2, 0) is 20.9 Å². The molecule has 3 amide bonds. The zero-order valence-corrected chi connectivity index (χ0v) is 20.3. The SMILES string of the molecule is Cc1cccc(CN2C(=O)OC(c3ccc(NC(=O)C(C)C)cc3)C2C(=O)Nc2cccc(F)c2)c1. The molecule has 1 fully saturated rings. The Bertz CT molecular complexity index is 1280. The van der Waals surface area contributed by atoms with Crippen molar-refractivity contribution in [2.24, 2.45) is 5.92 Å². The highest BCUT2D eigenvalue weighted by atomic mass is 19.1. The van der Waals surface area contributed by atoms with Crippen molar-refractivity contribution in [1.29, 1.82) is 0 Å². The van der Waals surface area contributed by atoms with Crippen molar-refractivity contribution in [1.82, 2.24) is 4.90 Å². The number of halogens is 1. The number of amides is 3. The first-order valence-corrected chi connectivity index (χ1v) is 11.7. The molecule has 1 heterocycles. The molecule has 2 atom stereocenters. The first-order valence-electron chi connectivity index (χ1n) is 11.7. The minimum Gasteiger partial charge on any atom is -0.438 e. The van der Waals surface area contributed by atoms with E-state index in [1.165, 1.54) is 23.1 Å². The number of carbonyl (C=O) groups excluding carboxylic acids is 3. The minimum absolute atomic E-state index is 0.119. The Labute approximate surface area is 209 Å². The zero-order valence-electron chi connectivity index (χ0n) is 20.3. The Balaban J connectivity index is 1.63. The molecule has 3 aromatic rings. The largest absolute Gasteiger partial charge is 0.438 e. The fourth-order valence-corrected chi connectivity index (χ4v) is 4.04. The molecular formula is C28H28FN3O4. The number of aryl methyl sites for hydroxylation is 1. The first kappa shape index (κ1) is 24.9. The molecule has 1 aliphatic heterocycles. The van der Waals surface area contributed by atoms with Gasteiger partial charge in [0.2, 0.25) is 5.91 Å². The predicted molar refractivity (Wildman–Crippen MR) is 135 cm³/mol. The van der Waals surface area contributed by atoms with Crippen molar-refractivity contribution in [2.75, 3.05) is 10.6 Å². The van der Waals surface area contributed by atoms with Gasteiger partial charge in [-0.3, -0.25) is 14.5 Å². The number of hydrogen-bond donors (Lipinski definition) is 2. The maximum absolute atomic E-state index is 13.7. The highest BCUT2D eigenvalue weighted by molar-refractivity contribution is 5.98. The van der Waals surface area contributed by atoms with Gasteiger partial charge in [-0.25, -0.2) is 9.18 Å². The van der Waals surface area contributed by atoms with E-state index in [0.29, 0.717) is 11.3 Å². The van der Waals surface area contributed by atoms with E-state index in [1.807, 2.05) is 31.2 Å². The summed E-state index contributed by atoms with van der Waals surface area (Å²) in [5.74, 6) is -1.28. The lowest BCUT2D eigenvalue weighted by molar-refractivity contribution is -0.121. The number of benzene rings is 3. The topological polar surface area (TPSA) is 87.7 Å². The lowest BCUT2D eigenvalue weighted by Crippen LogP contribution is -2.43. The maximum Gasteiger partial charge on any atom is 0.411 e. The Morgan fingerprint density at radius 3 is 2.36 bits per heavy atom. The third-order valence-electron chi connectivity index (χ3n) is 5.91. The van der Waals surface area contributed by atoms with Crippen molar-refractivity contribution in [3.63, 3.8) is 0 Å². The monoisotopic (exact) mass is 489 g/mol. The minimum atomic E-state index is -1.00. The van der Waals surface area contributed by atoms with Gasteiger partial charge in [0.25, 0.3) is 5.91 Å². The molecule has 36 heavy (non-hydrogen) atoms. The molecule has 4 rings (SSSR count). The normalized spacial score (nSPS) is 17.1. The van der Waals surface area contributed by atoms with Crippen molar-refractivity contribution in [3.05, 3.63) is 95.3 Å². The van der Waals surface area contributed by atoms with Gasteiger partial charge < -0.3 is 15.4 Å². The van der Waals surface area contributed by atoms with Crippen molar-refractivity contribution in [2.45, 2.75) is 39.5 Å². The number of ether oxygens (including phenoxy) is 1. The van der Waals surface area contributed by atoms with E-state index in [9.17, 15) is 18.8 Å². The fourth-order valence-electron chi connectivity index (χ4n) is 4.04. The van der Waals surface area contributed by atoms with Crippen LogP contribution in [0.2, 0.25) is 0 Å². The van der Waals surface area contributed by atoms with E-state index in [2.05, 4.69) is 10.6 Å². The number of cyclic esters (lactones) is 1.